The van der Waals surface area contributed by atoms with Crippen molar-refractivity contribution in [2.24, 2.45) is 0 Å². The number of rotatable bonds is 3. The molecule has 1 aliphatic rings. The molecule has 3 rings (SSSR count). The molecule has 0 aromatic carbocycles. The first-order valence-electron chi connectivity index (χ1n) is 8.17. The third-order valence-corrected chi connectivity index (χ3v) is 4.00. The van der Waals surface area contributed by atoms with Crippen molar-refractivity contribution < 1.29 is 27.5 Å². The Bertz CT molecular complexity index is 718. The maximum Gasteiger partial charge on any atom is 0.490 e. The number of halogens is 3. The fourth-order valence-electron chi connectivity index (χ4n) is 2.73. The van der Waals surface area contributed by atoms with E-state index >= 15 is 0 Å². The summed E-state index contributed by atoms with van der Waals surface area (Å²) in [6.45, 7) is 5.13. The minimum atomic E-state index is -5.08. The number of carboxylic acids is 1. The van der Waals surface area contributed by atoms with Crippen molar-refractivity contribution in [2.45, 2.75) is 38.9 Å². The van der Waals surface area contributed by atoms with Crippen molar-refractivity contribution in [2.75, 3.05) is 13.1 Å². The third-order valence-electron chi connectivity index (χ3n) is 4.00. The second kappa shape index (κ2) is 8.79. The van der Waals surface area contributed by atoms with Gasteiger partial charge in [0.2, 0.25) is 0 Å². The Kier molecular flexibility index (Phi) is 6.73. The third kappa shape index (κ3) is 5.55. The van der Waals surface area contributed by atoms with E-state index in [0.29, 0.717) is 0 Å². The van der Waals surface area contributed by atoms with Crippen LogP contribution in [0.5, 0.6) is 0 Å². The molecular formula is C17H20F3N3O3. The summed E-state index contributed by atoms with van der Waals surface area (Å²) < 4.78 is 37.2. The molecule has 0 spiro atoms. The maximum atomic E-state index is 10.6. The highest BCUT2D eigenvalue weighted by Crippen LogP contribution is 2.18. The fourth-order valence-corrected chi connectivity index (χ4v) is 2.73. The van der Waals surface area contributed by atoms with Crippen LogP contribution in [0.1, 0.15) is 29.6 Å². The van der Waals surface area contributed by atoms with Crippen molar-refractivity contribution in [1.82, 2.24) is 14.9 Å². The molecule has 0 radical (unpaired) electrons. The number of aromatic nitrogens is 2. The second-order valence-electron chi connectivity index (χ2n) is 5.76. The van der Waals surface area contributed by atoms with Crippen molar-refractivity contribution in [3.63, 3.8) is 0 Å². The highest BCUT2D eigenvalue weighted by atomic mass is 19.4. The van der Waals surface area contributed by atoms with E-state index in [2.05, 4.69) is 21.8 Å². The minimum absolute atomic E-state index is 0.885. The molecule has 0 saturated carbocycles. The number of aryl methyl sites for hydroxylation is 1. The van der Waals surface area contributed by atoms with Gasteiger partial charge in [0.1, 0.15) is 12.1 Å². The molecule has 2 aromatic rings. The molecule has 2 aromatic heterocycles. The van der Waals surface area contributed by atoms with Crippen molar-refractivity contribution in [1.29, 1.82) is 0 Å². The summed E-state index contributed by atoms with van der Waals surface area (Å²) in [5.74, 6) is -1.72. The normalized spacial score (nSPS) is 14.8. The molecule has 0 saturated heterocycles. The van der Waals surface area contributed by atoms with E-state index in [1.165, 1.54) is 17.0 Å². The van der Waals surface area contributed by atoms with Crippen LogP contribution >= 0.6 is 0 Å². The van der Waals surface area contributed by atoms with Crippen LogP contribution in [0.25, 0.3) is 0 Å². The molecule has 0 fully saturated rings. The summed E-state index contributed by atoms with van der Waals surface area (Å²) in [6.07, 6.45) is 1.40. The number of aliphatic carboxylic acids is 1. The largest absolute Gasteiger partial charge is 0.490 e. The maximum absolute atomic E-state index is 10.6. The summed E-state index contributed by atoms with van der Waals surface area (Å²) in [4.78, 5) is 20.2. The van der Waals surface area contributed by atoms with Crippen LogP contribution in [0.4, 0.5) is 13.2 Å². The van der Waals surface area contributed by atoms with Crippen LogP contribution in [-0.4, -0.2) is 45.2 Å². The molecule has 0 unspecified atom stereocenters. The van der Waals surface area contributed by atoms with Gasteiger partial charge >= 0.3 is 12.1 Å². The first kappa shape index (κ1) is 19.9. The van der Waals surface area contributed by atoms with Gasteiger partial charge in [0.15, 0.2) is 0 Å². The lowest BCUT2D eigenvalue weighted by atomic mass is 10.1. The monoisotopic (exact) mass is 371 g/mol. The van der Waals surface area contributed by atoms with Crippen LogP contribution in [0.3, 0.4) is 0 Å². The Balaban J connectivity index is 0.000000298. The Morgan fingerprint density at radius 1 is 1.31 bits per heavy atom. The van der Waals surface area contributed by atoms with E-state index in [-0.39, 0.29) is 0 Å². The lowest BCUT2D eigenvalue weighted by molar-refractivity contribution is -0.192. The molecule has 26 heavy (non-hydrogen) atoms. The lowest BCUT2D eigenvalue weighted by Crippen LogP contribution is -2.25. The van der Waals surface area contributed by atoms with Crippen molar-refractivity contribution in [3.05, 3.63) is 47.4 Å². The van der Waals surface area contributed by atoms with Gasteiger partial charge in [0, 0.05) is 30.9 Å². The molecule has 0 atom stereocenters. The number of carboxylic acid groups (broad SMARTS) is 1. The van der Waals surface area contributed by atoms with Gasteiger partial charge in [0.05, 0.1) is 12.8 Å². The number of nitrogens with zero attached hydrogens (tertiary/aromatic N) is 3. The average Bonchev–Trinajstić information content (AvgIpc) is 3.01. The number of alkyl halides is 3. The zero-order valence-electron chi connectivity index (χ0n) is 14.3. The van der Waals surface area contributed by atoms with Crippen LogP contribution in [0.15, 0.2) is 29.1 Å². The Morgan fingerprint density at radius 3 is 2.58 bits per heavy atom. The van der Waals surface area contributed by atoms with Gasteiger partial charge in [-0.1, -0.05) is 6.92 Å². The van der Waals surface area contributed by atoms with E-state index in [9.17, 15) is 13.2 Å². The molecule has 0 aliphatic carbocycles. The summed E-state index contributed by atoms with van der Waals surface area (Å²) >= 11 is 0. The summed E-state index contributed by atoms with van der Waals surface area (Å²) in [7, 11) is 0. The molecule has 1 aliphatic heterocycles. The summed E-state index contributed by atoms with van der Waals surface area (Å²) in [5, 5.41) is 7.12. The zero-order valence-corrected chi connectivity index (χ0v) is 14.3. The highest BCUT2D eigenvalue weighted by molar-refractivity contribution is 5.73. The number of fused-ring (bicyclic) bond motifs is 1. The Hall–Kier alpha value is -2.42. The molecule has 142 valence electrons. The molecule has 6 nitrogen and oxygen atoms in total. The standard InChI is InChI=1S/C15H19N3O.C2HF3O2/c1-2-14-13-5-7-18(10-12-4-3-9-19-12)8-6-15(13)17-11-16-14;3-2(4,5)1(6)7/h3-4,9,11H,2,5-8,10H2,1H3;(H,6,7). The number of hydrogen-bond donors (Lipinski definition) is 1. The zero-order chi connectivity index (χ0) is 19.2. The number of carbonyl (C=O) groups is 1. The van der Waals surface area contributed by atoms with Crippen LogP contribution in [0.2, 0.25) is 0 Å². The van der Waals surface area contributed by atoms with Crippen LogP contribution in [0, 0.1) is 0 Å². The van der Waals surface area contributed by atoms with Gasteiger partial charge in [-0.15, -0.1) is 0 Å². The van der Waals surface area contributed by atoms with Gasteiger partial charge in [-0.3, -0.25) is 4.90 Å². The van der Waals surface area contributed by atoms with Gasteiger partial charge in [-0.25, -0.2) is 14.8 Å². The summed E-state index contributed by atoms with van der Waals surface area (Å²) in [6, 6.07) is 3.98. The number of furan rings is 1. The van der Waals surface area contributed by atoms with E-state index in [1.54, 1.807) is 12.6 Å². The quantitative estimate of drug-likeness (QED) is 0.894. The fraction of sp³-hybridized carbons (Fsp3) is 0.471. The smallest absolute Gasteiger partial charge is 0.475 e. The van der Waals surface area contributed by atoms with Gasteiger partial charge < -0.3 is 9.52 Å². The molecule has 0 amide bonds. The first-order chi connectivity index (χ1) is 12.3. The first-order valence-corrected chi connectivity index (χ1v) is 8.17. The van der Waals surface area contributed by atoms with E-state index < -0.39 is 12.1 Å². The number of hydrogen-bond acceptors (Lipinski definition) is 5. The molecule has 9 heteroatoms. The van der Waals surface area contributed by atoms with Crippen molar-refractivity contribution >= 4 is 5.97 Å². The highest BCUT2D eigenvalue weighted by Gasteiger charge is 2.38. The molecular weight excluding hydrogens is 351 g/mol. The van der Waals surface area contributed by atoms with Crippen molar-refractivity contribution in [3.8, 4) is 0 Å². The van der Waals surface area contributed by atoms with Gasteiger partial charge in [-0.05, 0) is 30.5 Å². The Morgan fingerprint density at radius 2 is 2.00 bits per heavy atom. The van der Waals surface area contributed by atoms with Crippen LogP contribution < -0.4 is 0 Å². The lowest BCUT2D eigenvalue weighted by Gasteiger charge is -2.17. The van der Waals surface area contributed by atoms with Gasteiger partial charge in [-0.2, -0.15) is 13.2 Å². The molecule has 1 N–H and O–H groups in total. The van der Waals surface area contributed by atoms with E-state index in [0.717, 1.165) is 44.7 Å². The predicted molar refractivity (Wildman–Crippen MR) is 86.5 cm³/mol. The SMILES string of the molecule is CCc1ncnc2c1CCN(Cc1ccco1)CC2.O=C(O)C(F)(F)F. The van der Waals surface area contributed by atoms with Crippen LogP contribution in [-0.2, 0) is 30.6 Å². The predicted octanol–water partition coefficient (Wildman–Crippen LogP) is 2.87. The Labute approximate surface area is 148 Å². The average molecular weight is 371 g/mol. The van der Waals surface area contributed by atoms with E-state index in [1.807, 2.05) is 12.1 Å². The summed E-state index contributed by atoms with van der Waals surface area (Å²) in [5.41, 5.74) is 3.81. The van der Waals surface area contributed by atoms with Gasteiger partial charge in [0.25, 0.3) is 0 Å². The molecule has 0 bridgehead atoms. The van der Waals surface area contributed by atoms with E-state index in [4.69, 9.17) is 14.3 Å². The second-order valence-corrected chi connectivity index (χ2v) is 5.76. The minimum Gasteiger partial charge on any atom is -0.475 e. The molecule has 3 heterocycles. The topological polar surface area (TPSA) is 79.5 Å².